The van der Waals surface area contributed by atoms with Crippen LogP contribution in [0.4, 0.5) is 0 Å². The molecule has 74 valence electrons. The number of para-hydroxylation sites is 1. The van der Waals surface area contributed by atoms with Crippen molar-refractivity contribution in [1.82, 2.24) is 0 Å². The van der Waals surface area contributed by atoms with Gasteiger partial charge in [-0.3, -0.25) is 4.79 Å². The summed E-state index contributed by atoms with van der Waals surface area (Å²) in [6.07, 6.45) is 0.590. The molecular weight excluding hydrogens is 178 g/mol. The summed E-state index contributed by atoms with van der Waals surface area (Å²) in [7, 11) is 0. The minimum Gasteiger partial charge on any atom is -0.492 e. The van der Waals surface area contributed by atoms with E-state index in [0.29, 0.717) is 24.3 Å². The Labute approximate surface area is 82.9 Å². The Balaban J connectivity index is 2.53. The maximum Gasteiger partial charge on any atom is 0.183 e. The maximum absolute atomic E-state index is 11.8. The highest BCUT2D eigenvalue weighted by Gasteiger charge is 2.23. The molecule has 2 rings (SSSR count). The minimum absolute atomic E-state index is 0.0128. The van der Waals surface area contributed by atoms with Crippen LogP contribution in [0.1, 0.15) is 22.3 Å². The lowest BCUT2D eigenvalue weighted by atomic mass is 10.0. The molecule has 3 heteroatoms. The van der Waals surface area contributed by atoms with Crippen LogP contribution in [0.2, 0.25) is 0 Å². The van der Waals surface area contributed by atoms with Gasteiger partial charge in [0.25, 0.3) is 0 Å². The molecule has 1 aromatic rings. The van der Waals surface area contributed by atoms with Crippen molar-refractivity contribution in [2.24, 2.45) is 5.73 Å². The summed E-state index contributed by atoms with van der Waals surface area (Å²) in [6, 6.07) is 5.14. The Morgan fingerprint density at radius 2 is 2.29 bits per heavy atom. The van der Waals surface area contributed by atoms with Gasteiger partial charge in [-0.05, 0) is 18.6 Å². The van der Waals surface area contributed by atoms with Gasteiger partial charge in [0.1, 0.15) is 5.75 Å². The van der Waals surface area contributed by atoms with Crippen LogP contribution in [0, 0.1) is 6.92 Å². The normalized spacial score (nSPS) is 21.0. The Hall–Kier alpha value is -1.35. The van der Waals surface area contributed by atoms with Crippen LogP contribution < -0.4 is 10.5 Å². The van der Waals surface area contributed by atoms with E-state index in [0.717, 1.165) is 5.56 Å². The molecule has 3 nitrogen and oxygen atoms in total. The summed E-state index contributed by atoms with van der Waals surface area (Å²) in [5.74, 6) is 0.687. The SMILES string of the molecule is Cc1cccc2c1OCC[C@@H](N)C2=O. The fourth-order valence-corrected chi connectivity index (χ4v) is 1.66. The van der Waals surface area contributed by atoms with Crippen molar-refractivity contribution >= 4 is 5.78 Å². The number of benzene rings is 1. The Bertz CT molecular complexity index is 374. The number of rotatable bonds is 0. The molecule has 0 unspecified atom stereocenters. The number of Topliss-reactive ketones (excluding diaryl/α,β-unsaturated/α-hetero) is 1. The molecule has 1 heterocycles. The standard InChI is InChI=1S/C11H13NO2/c1-7-3-2-4-8-10(13)9(12)5-6-14-11(7)8/h2-4,9H,5-6,12H2,1H3/t9-/m1/s1. The lowest BCUT2D eigenvalue weighted by molar-refractivity contribution is 0.0960. The summed E-state index contributed by atoms with van der Waals surface area (Å²) in [5.41, 5.74) is 7.32. The largest absolute Gasteiger partial charge is 0.492 e. The summed E-state index contributed by atoms with van der Waals surface area (Å²) in [5, 5.41) is 0. The van der Waals surface area contributed by atoms with Gasteiger partial charge in [0.2, 0.25) is 0 Å². The molecule has 0 fully saturated rings. The molecule has 0 radical (unpaired) electrons. The van der Waals surface area contributed by atoms with Crippen molar-refractivity contribution in [2.75, 3.05) is 6.61 Å². The van der Waals surface area contributed by atoms with Crippen LogP contribution in [0.25, 0.3) is 0 Å². The number of hydrogen-bond donors (Lipinski definition) is 1. The number of carbonyl (C=O) groups is 1. The van der Waals surface area contributed by atoms with Gasteiger partial charge < -0.3 is 10.5 Å². The smallest absolute Gasteiger partial charge is 0.183 e. The summed E-state index contributed by atoms with van der Waals surface area (Å²) in [6.45, 7) is 2.45. The number of fused-ring (bicyclic) bond motifs is 1. The third-order valence-corrected chi connectivity index (χ3v) is 2.49. The van der Waals surface area contributed by atoms with E-state index in [1.807, 2.05) is 19.1 Å². The van der Waals surface area contributed by atoms with Crippen molar-refractivity contribution in [3.05, 3.63) is 29.3 Å². The molecule has 0 spiro atoms. The molecule has 0 amide bonds. The Morgan fingerprint density at radius 3 is 3.07 bits per heavy atom. The first kappa shape index (κ1) is 9.21. The lowest BCUT2D eigenvalue weighted by Gasteiger charge is -2.08. The van der Waals surface area contributed by atoms with Gasteiger partial charge >= 0.3 is 0 Å². The number of nitrogens with two attached hydrogens (primary N) is 1. The van der Waals surface area contributed by atoms with E-state index in [1.54, 1.807) is 6.07 Å². The van der Waals surface area contributed by atoms with Gasteiger partial charge in [-0.2, -0.15) is 0 Å². The van der Waals surface area contributed by atoms with E-state index in [9.17, 15) is 4.79 Å². The van der Waals surface area contributed by atoms with Gasteiger partial charge in [0.05, 0.1) is 18.2 Å². The molecule has 14 heavy (non-hydrogen) atoms. The second-order valence-electron chi connectivity index (χ2n) is 3.56. The molecule has 1 aliphatic rings. The van der Waals surface area contributed by atoms with Gasteiger partial charge in [-0.25, -0.2) is 0 Å². The zero-order valence-electron chi connectivity index (χ0n) is 8.12. The monoisotopic (exact) mass is 191 g/mol. The number of carbonyl (C=O) groups excluding carboxylic acids is 1. The highest BCUT2D eigenvalue weighted by molar-refractivity contribution is 6.02. The van der Waals surface area contributed by atoms with E-state index in [2.05, 4.69) is 0 Å². The fourth-order valence-electron chi connectivity index (χ4n) is 1.66. The van der Waals surface area contributed by atoms with Crippen LogP contribution in [0.5, 0.6) is 5.75 Å². The quantitative estimate of drug-likeness (QED) is 0.672. The topological polar surface area (TPSA) is 52.3 Å². The number of aryl methyl sites for hydroxylation is 1. The first-order valence-corrected chi connectivity index (χ1v) is 4.72. The first-order chi connectivity index (χ1) is 6.70. The third kappa shape index (κ3) is 1.40. The number of ketones is 1. The first-order valence-electron chi connectivity index (χ1n) is 4.72. The second-order valence-corrected chi connectivity index (χ2v) is 3.56. The van der Waals surface area contributed by atoms with E-state index in [1.165, 1.54) is 0 Å². The molecular formula is C11H13NO2. The third-order valence-electron chi connectivity index (χ3n) is 2.49. The lowest BCUT2D eigenvalue weighted by Crippen LogP contribution is -2.30. The van der Waals surface area contributed by atoms with E-state index >= 15 is 0 Å². The molecule has 0 bridgehead atoms. The zero-order chi connectivity index (χ0) is 10.1. The highest BCUT2D eigenvalue weighted by Crippen LogP contribution is 2.27. The average Bonchev–Trinajstić information content (AvgIpc) is 2.31. The van der Waals surface area contributed by atoms with E-state index < -0.39 is 6.04 Å². The van der Waals surface area contributed by atoms with Crippen LogP contribution in [-0.4, -0.2) is 18.4 Å². The Morgan fingerprint density at radius 1 is 1.50 bits per heavy atom. The van der Waals surface area contributed by atoms with Gasteiger partial charge in [0, 0.05) is 6.42 Å². The number of ether oxygens (including phenoxy) is 1. The zero-order valence-corrected chi connectivity index (χ0v) is 8.12. The fraction of sp³-hybridized carbons (Fsp3) is 0.364. The molecule has 0 saturated carbocycles. The predicted octanol–water partition coefficient (Wildman–Crippen LogP) is 1.29. The molecule has 0 aliphatic carbocycles. The summed E-state index contributed by atoms with van der Waals surface area (Å²) >= 11 is 0. The van der Waals surface area contributed by atoms with Crippen molar-refractivity contribution in [2.45, 2.75) is 19.4 Å². The summed E-state index contributed by atoms with van der Waals surface area (Å²) < 4.78 is 5.52. The van der Waals surface area contributed by atoms with Crippen molar-refractivity contribution in [1.29, 1.82) is 0 Å². The molecule has 2 N–H and O–H groups in total. The molecule has 0 saturated heterocycles. The number of hydrogen-bond acceptors (Lipinski definition) is 3. The van der Waals surface area contributed by atoms with Gasteiger partial charge in [0.15, 0.2) is 5.78 Å². The van der Waals surface area contributed by atoms with Crippen LogP contribution in [0.15, 0.2) is 18.2 Å². The van der Waals surface area contributed by atoms with Crippen LogP contribution in [0.3, 0.4) is 0 Å². The van der Waals surface area contributed by atoms with Crippen molar-refractivity contribution in [3.8, 4) is 5.75 Å². The van der Waals surface area contributed by atoms with Crippen molar-refractivity contribution in [3.63, 3.8) is 0 Å². The Kier molecular flexibility index (Phi) is 2.25. The minimum atomic E-state index is -0.418. The van der Waals surface area contributed by atoms with Gasteiger partial charge in [-0.15, -0.1) is 0 Å². The molecule has 1 aliphatic heterocycles. The van der Waals surface area contributed by atoms with Crippen LogP contribution >= 0.6 is 0 Å². The molecule has 1 aromatic carbocycles. The van der Waals surface area contributed by atoms with E-state index in [4.69, 9.17) is 10.5 Å². The van der Waals surface area contributed by atoms with Crippen molar-refractivity contribution < 1.29 is 9.53 Å². The second kappa shape index (κ2) is 3.42. The molecule has 1 atom stereocenters. The van der Waals surface area contributed by atoms with Gasteiger partial charge in [-0.1, -0.05) is 12.1 Å². The predicted molar refractivity (Wildman–Crippen MR) is 53.6 cm³/mol. The van der Waals surface area contributed by atoms with Crippen LogP contribution in [-0.2, 0) is 0 Å². The average molecular weight is 191 g/mol. The maximum atomic E-state index is 11.8. The summed E-state index contributed by atoms with van der Waals surface area (Å²) in [4.78, 5) is 11.8. The molecule has 0 aromatic heterocycles. The van der Waals surface area contributed by atoms with E-state index in [-0.39, 0.29) is 5.78 Å². The highest BCUT2D eigenvalue weighted by atomic mass is 16.5.